The third kappa shape index (κ3) is 6.26. The van der Waals surface area contributed by atoms with Crippen LogP contribution < -0.4 is 5.32 Å². The average Bonchev–Trinajstić information content (AvgIpc) is 2.13. The van der Waals surface area contributed by atoms with Crippen molar-refractivity contribution in [3.63, 3.8) is 0 Å². The fourth-order valence-electron chi connectivity index (χ4n) is 1.21. The number of carboxylic acid groups (broad SMARTS) is 1. The normalized spacial score (nSPS) is 17.1. The molecular weight excluding hydrogens is 222 g/mol. The summed E-state index contributed by atoms with van der Waals surface area (Å²) in [7, 11) is 0. The average molecular weight is 245 g/mol. The number of ether oxygens (including phenoxy) is 1. The number of nitrogens with one attached hydrogen (secondary N) is 1. The minimum Gasteiger partial charge on any atom is -0.480 e. The van der Waals surface area contributed by atoms with Gasteiger partial charge in [0.25, 0.3) is 0 Å². The van der Waals surface area contributed by atoms with Crippen molar-refractivity contribution >= 4 is 11.9 Å². The Balaban J connectivity index is 4.35. The first-order valence-corrected chi connectivity index (χ1v) is 5.76. The SMILES string of the molecule is CC(NC(C)C(C)C(=O)OC(C)(C)C)C(=O)O. The van der Waals surface area contributed by atoms with E-state index in [2.05, 4.69) is 5.32 Å². The molecule has 0 aliphatic heterocycles. The maximum atomic E-state index is 11.7. The highest BCUT2D eigenvalue weighted by molar-refractivity contribution is 5.74. The van der Waals surface area contributed by atoms with Gasteiger partial charge in [-0.15, -0.1) is 0 Å². The second-order valence-corrected chi connectivity index (χ2v) is 5.34. The minimum absolute atomic E-state index is 0.254. The van der Waals surface area contributed by atoms with Crippen LogP contribution in [0.15, 0.2) is 0 Å². The molecule has 2 N–H and O–H groups in total. The van der Waals surface area contributed by atoms with Crippen LogP contribution in [-0.2, 0) is 14.3 Å². The summed E-state index contributed by atoms with van der Waals surface area (Å²) >= 11 is 0. The van der Waals surface area contributed by atoms with E-state index in [1.807, 2.05) is 0 Å². The lowest BCUT2D eigenvalue weighted by Crippen LogP contribution is -2.46. The van der Waals surface area contributed by atoms with E-state index in [9.17, 15) is 9.59 Å². The van der Waals surface area contributed by atoms with Gasteiger partial charge in [0.2, 0.25) is 0 Å². The second-order valence-electron chi connectivity index (χ2n) is 5.34. The van der Waals surface area contributed by atoms with E-state index < -0.39 is 23.5 Å². The number of carbonyl (C=O) groups excluding carboxylic acids is 1. The molecule has 100 valence electrons. The maximum absolute atomic E-state index is 11.7. The van der Waals surface area contributed by atoms with Crippen LogP contribution in [0.4, 0.5) is 0 Å². The van der Waals surface area contributed by atoms with Crippen LogP contribution in [0.3, 0.4) is 0 Å². The zero-order valence-corrected chi connectivity index (χ0v) is 11.4. The molecule has 17 heavy (non-hydrogen) atoms. The van der Waals surface area contributed by atoms with Crippen molar-refractivity contribution < 1.29 is 19.4 Å². The minimum atomic E-state index is -0.937. The first-order chi connectivity index (χ1) is 7.54. The summed E-state index contributed by atoms with van der Waals surface area (Å²) in [6.07, 6.45) is 0. The van der Waals surface area contributed by atoms with Crippen LogP contribution >= 0.6 is 0 Å². The van der Waals surface area contributed by atoms with E-state index in [1.54, 1.807) is 41.5 Å². The number of carbonyl (C=O) groups is 2. The largest absolute Gasteiger partial charge is 0.480 e. The molecule has 3 atom stereocenters. The van der Waals surface area contributed by atoms with E-state index >= 15 is 0 Å². The van der Waals surface area contributed by atoms with Gasteiger partial charge in [-0.3, -0.25) is 9.59 Å². The van der Waals surface area contributed by atoms with Gasteiger partial charge < -0.3 is 15.2 Å². The molecule has 0 aliphatic carbocycles. The van der Waals surface area contributed by atoms with Gasteiger partial charge in [-0.1, -0.05) is 6.92 Å². The lowest BCUT2D eigenvalue weighted by atomic mass is 10.0. The van der Waals surface area contributed by atoms with Crippen LogP contribution in [0.2, 0.25) is 0 Å². The number of aliphatic carboxylic acids is 1. The molecule has 0 fully saturated rings. The monoisotopic (exact) mass is 245 g/mol. The Bertz CT molecular complexity index is 283. The molecule has 0 aromatic carbocycles. The molecule has 0 aromatic heterocycles. The van der Waals surface area contributed by atoms with Crippen molar-refractivity contribution in [1.29, 1.82) is 0 Å². The van der Waals surface area contributed by atoms with Gasteiger partial charge in [0.05, 0.1) is 5.92 Å². The van der Waals surface area contributed by atoms with Gasteiger partial charge in [-0.2, -0.15) is 0 Å². The van der Waals surface area contributed by atoms with Crippen LogP contribution in [0.1, 0.15) is 41.5 Å². The molecule has 0 saturated heterocycles. The summed E-state index contributed by atoms with van der Waals surface area (Å²) in [4.78, 5) is 22.4. The van der Waals surface area contributed by atoms with Gasteiger partial charge in [-0.25, -0.2) is 0 Å². The lowest BCUT2D eigenvalue weighted by Gasteiger charge is -2.26. The Kier molecular flexibility index (Phi) is 5.61. The number of carboxylic acids is 1. The predicted molar refractivity (Wildman–Crippen MR) is 64.7 cm³/mol. The Morgan fingerprint density at radius 3 is 2.00 bits per heavy atom. The Morgan fingerprint density at radius 1 is 1.18 bits per heavy atom. The van der Waals surface area contributed by atoms with E-state index in [4.69, 9.17) is 9.84 Å². The molecular formula is C12H23NO4. The molecule has 0 bridgehead atoms. The van der Waals surface area contributed by atoms with Crippen molar-refractivity contribution in [3.8, 4) is 0 Å². The fourth-order valence-corrected chi connectivity index (χ4v) is 1.21. The Morgan fingerprint density at radius 2 is 1.65 bits per heavy atom. The standard InChI is InChI=1S/C12H23NO4/c1-7(11(16)17-12(4,5)6)8(2)13-9(3)10(14)15/h7-9,13H,1-6H3,(H,14,15). The fraction of sp³-hybridized carbons (Fsp3) is 0.833. The quantitative estimate of drug-likeness (QED) is 0.716. The summed E-state index contributed by atoms with van der Waals surface area (Å²) in [5, 5.41) is 11.6. The molecule has 0 saturated carbocycles. The molecule has 3 unspecified atom stereocenters. The van der Waals surface area contributed by atoms with Crippen LogP contribution in [-0.4, -0.2) is 34.7 Å². The van der Waals surface area contributed by atoms with E-state index in [-0.39, 0.29) is 12.0 Å². The summed E-state index contributed by atoms with van der Waals surface area (Å²) in [6, 6.07) is -0.939. The molecule has 0 aliphatic rings. The molecule has 0 aromatic rings. The third-order valence-corrected chi connectivity index (χ3v) is 2.41. The highest BCUT2D eigenvalue weighted by Gasteiger charge is 2.27. The molecule has 5 heteroatoms. The number of esters is 1. The summed E-state index contributed by atoms with van der Waals surface area (Å²) in [6.45, 7) is 10.4. The summed E-state index contributed by atoms with van der Waals surface area (Å²) in [5.74, 6) is -1.65. The summed E-state index contributed by atoms with van der Waals surface area (Å²) < 4.78 is 5.24. The molecule has 0 rings (SSSR count). The topological polar surface area (TPSA) is 75.6 Å². The highest BCUT2D eigenvalue weighted by atomic mass is 16.6. The molecule has 0 spiro atoms. The maximum Gasteiger partial charge on any atom is 0.320 e. The number of hydrogen-bond acceptors (Lipinski definition) is 4. The first-order valence-electron chi connectivity index (χ1n) is 5.76. The Labute approximate surface area is 103 Å². The molecule has 0 radical (unpaired) electrons. The van der Waals surface area contributed by atoms with Crippen molar-refractivity contribution in [2.75, 3.05) is 0 Å². The Hall–Kier alpha value is -1.10. The van der Waals surface area contributed by atoms with Crippen LogP contribution in [0, 0.1) is 5.92 Å². The van der Waals surface area contributed by atoms with Crippen LogP contribution in [0.5, 0.6) is 0 Å². The first kappa shape index (κ1) is 15.9. The van der Waals surface area contributed by atoms with Crippen LogP contribution in [0.25, 0.3) is 0 Å². The van der Waals surface area contributed by atoms with Crippen molar-refractivity contribution in [2.24, 2.45) is 5.92 Å². The zero-order valence-electron chi connectivity index (χ0n) is 11.4. The number of rotatable bonds is 5. The van der Waals surface area contributed by atoms with Gasteiger partial charge >= 0.3 is 11.9 Å². The van der Waals surface area contributed by atoms with E-state index in [0.29, 0.717) is 0 Å². The molecule has 0 heterocycles. The van der Waals surface area contributed by atoms with Gasteiger partial charge in [0, 0.05) is 6.04 Å². The lowest BCUT2D eigenvalue weighted by molar-refractivity contribution is -0.160. The third-order valence-electron chi connectivity index (χ3n) is 2.41. The second kappa shape index (κ2) is 6.00. The molecule has 5 nitrogen and oxygen atoms in total. The van der Waals surface area contributed by atoms with Gasteiger partial charge in [0.15, 0.2) is 0 Å². The van der Waals surface area contributed by atoms with Crippen molar-refractivity contribution in [2.45, 2.75) is 59.2 Å². The van der Waals surface area contributed by atoms with Gasteiger partial charge in [-0.05, 0) is 34.6 Å². The zero-order chi connectivity index (χ0) is 13.8. The van der Waals surface area contributed by atoms with Crippen molar-refractivity contribution in [1.82, 2.24) is 5.32 Å². The van der Waals surface area contributed by atoms with Crippen molar-refractivity contribution in [3.05, 3.63) is 0 Å². The molecule has 0 amide bonds. The predicted octanol–water partition coefficient (Wildman–Crippen LogP) is 1.42. The van der Waals surface area contributed by atoms with E-state index in [1.165, 1.54) is 0 Å². The van der Waals surface area contributed by atoms with E-state index in [0.717, 1.165) is 0 Å². The summed E-state index contributed by atoms with van der Waals surface area (Å²) in [5.41, 5.74) is -0.524. The highest BCUT2D eigenvalue weighted by Crippen LogP contribution is 2.13. The smallest absolute Gasteiger partial charge is 0.320 e. The van der Waals surface area contributed by atoms with Gasteiger partial charge in [0.1, 0.15) is 11.6 Å². The number of hydrogen-bond donors (Lipinski definition) is 2.